The molecule has 2 aromatic heterocycles. The zero-order chi connectivity index (χ0) is 18.8. The Labute approximate surface area is 163 Å². The summed E-state index contributed by atoms with van der Waals surface area (Å²) in [5.74, 6) is 0.488. The van der Waals surface area contributed by atoms with Crippen LogP contribution in [0, 0.1) is 0 Å². The summed E-state index contributed by atoms with van der Waals surface area (Å²) in [6.45, 7) is 0. The van der Waals surface area contributed by atoms with Gasteiger partial charge in [0, 0.05) is 22.7 Å². The van der Waals surface area contributed by atoms with Crippen LogP contribution in [0.5, 0.6) is 5.88 Å². The van der Waals surface area contributed by atoms with Gasteiger partial charge >= 0.3 is 0 Å². The van der Waals surface area contributed by atoms with Gasteiger partial charge in [-0.15, -0.1) is 5.10 Å². The van der Waals surface area contributed by atoms with Crippen molar-refractivity contribution in [1.82, 2.24) is 30.4 Å². The minimum atomic E-state index is -0.397. The summed E-state index contributed by atoms with van der Waals surface area (Å²) in [6, 6.07) is 9.32. The first kappa shape index (κ1) is 17.4. The molecule has 2 heterocycles. The van der Waals surface area contributed by atoms with Gasteiger partial charge < -0.3 is 4.74 Å². The van der Waals surface area contributed by atoms with Crippen molar-refractivity contribution in [2.24, 2.45) is 0 Å². The molecule has 2 N–H and O–H groups in total. The second kappa shape index (κ2) is 7.31. The Morgan fingerprint density at radius 3 is 2.74 bits per heavy atom. The van der Waals surface area contributed by atoms with E-state index in [0.29, 0.717) is 5.88 Å². The van der Waals surface area contributed by atoms with Crippen LogP contribution in [0.2, 0.25) is 0 Å². The molecule has 27 heavy (non-hydrogen) atoms. The third-order valence-electron chi connectivity index (χ3n) is 4.08. The molecule has 3 aromatic rings. The van der Waals surface area contributed by atoms with Gasteiger partial charge in [0.25, 0.3) is 5.91 Å². The molecule has 1 saturated carbocycles. The number of halogens is 1. The van der Waals surface area contributed by atoms with Crippen molar-refractivity contribution in [3.63, 3.8) is 0 Å². The van der Waals surface area contributed by atoms with Crippen LogP contribution in [0.4, 0.5) is 5.95 Å². The summed E-state index contributed by atoms with van der Waals surface area (Å²) >= 11 is 3.42. The van der Waals surface area contributed by atoms with E-state index in [1.807, 2.05) is 24.3 Å². The van der Waals surface area contributed by atoms with Gasteiger partial charge in [-0.1, -0.05) is 21.1 Å². The number of hydrogen-bond donors (Lipinski definition) is 2. The number of carbonyl (C=O) groups excluding carboxylic acids is 1. The fourth-order valence-corrected chi connectivity index (χ4v) is 2.90. The molecule has 0 spiro atoms. The van der Waals surface area contributed by atoms with Crippen molar-refractivity contribution in [1.29, 1.82) is 0 Å². The second-order valence-electron chi connectivity index (χ2n) is 5.99. The molecule has 0 radical (unpaired) electrons. The van der Waals surface area contributed by atoms with E-state index in [0.717, 1.165) is 28.7 Å². The number of hydrazine groups is 1. The number of anilines is 1. The van der Waals surface area contributed by atoms with Gasteiger partial charge in [0.2, 0.25) is 11.8 Å². The van der Waals surface area contributed by atoms with Crippen LogP contribution in [-0.4, -0.2) is 38.0 Å². The van der Waals surface area contributed by atoms with E-state index in [1.54, 1.807) is 10.7 Å². The molecular weight excluding hydrogens is 414 g/mol. The lowest BCUT2D eigenvalue weighted by Gasteiger charge is -2.09. The van der Waals surface area contributed by atoms with E-state index in [2.05, 4.69) is 47.1 Å². The number of nitrogens with one attached hydrogen (secondary N) is 2. The predicted octanol–water partition coefficient (Wildman–Crippen LogP) is 2.46. The maximum Gasteiger partial charge on any atom is 0.292 e. The average Bonchev–Trinajstić information content (AvgIpc) is 3.45. The molecule has 0 bridgehead atoms. The van der Waals surface area contributed by atoms with Crippen LogP contribution in [0.25, 0.3) is 5.69 Å². The molecule has 0 aliphatic heterocycles. The average molecular weight is 430 g/mol. The first-order valence-corrected chi connectivity index (χ1v) is 9.10. The molecule has 4 rings (SSSR count). The number of benzene rings is 1. The summed E-state index contributed by atoms with van der Waals surface area (Å²) in [5, 5.41) is 8.30. The normalized spacial score (nSPS) is 13.3. The standard InChI is InChI=1S/C17H16BrN7O2/c1-27-13-8-9-19-17(20-13)23-22-16(26)14-15(10-2-3-10)25(24-21-14)12-6-4-11(18)5-7-12/h4-10H,2-3H2,1H3,(H,22,26)(H,19,20,23). The van der Waals surface area contributed by atoms with Crippen molar-refractivity contribution >= 4 is 27.8 Å². The van der Waals surface area contributed by atoms with Crippen molar-refractivity contribution in [3.05, 3.63) is 52.4 Å². The van der Waals surface area contributed by atoms with E-state index in [9.17, 15) is 4.79 Å². The molecule has 1 aliphatic carbocycles. The number of rotatable bonds is 6. The predicted molar refractivity (Wildman–Crippen MR) is 101 cm³/mol. The summed E-state index contributed by atoms with van der Waals surface area (Å²) in [4.78, 5) is 20.7. The number of nitrogens with zero attached hydrogens (tertiary/aromatic N) is 5. The molecule has 0 atom stereocenters. The van der Waals surface area contributed by atoms with Crippen molar-refractivity contribution in [2.45, 2.75) is 18.8 Å². The van der Waals surface area contributed by atoms with Gasteiger partial charge in [0.1, 0.15) is 0 Å². The van der Waals surface area contributed by atoms with Crippen molar-refractivity contribution in [2.75, 3.05) is 12.5 Å². The van der Waals surface area contributed by atoms with Gasteiger partial charge in [-0.05, 0) is 37.1 Å². The molecule has 1 fully saturated rings. The fourth-order valence-electron chi connectivity index (χ4n) is 2.63. The first-order valence-electron chi connectivity index (χ1n) is 8.30. The monoisotopic (exact) mass is 429 g/mol. The van der Waals surface area contributed by atoms with Crippen molar-refractivity contribution in [3.8, 4) is 11.6 Å². The summed E-state index contributed by atoms with van der Waals surface area (Å²) in [7, 11) is 1.51. The Bertz CT molecular complexity index is 970. The van der Waals surface area contributed by atoms with Crippen LogP contribution < -0.4 is 15.6 Å². The SMILES string of the molecule is COc1ccnc(NNC(=O)c2nnn(-c3ccc(Br)cc3)c2C2CC2)n1. The Kier molecular flexibility index (Phi) is 4.71. The number of aromatic nitrogens is 5. The van der Waals surface area contributed by atoms with Crippen LogP contribution in [0.3, 0.4) is 0 Å². The van der Waals surface area contributed by atoms with Gasteiger partial charge in [-0.2, -0.15) is 4.98 Å². The maximum absolute atomic E-state index is 12.6. The van der Waals surface area contributed by atoms with Crippen LogP contribution >= 0.6 is 15.9 Å². The Morgan fingerprint density at radius 1 is 1.26 bits per heavy atom. The lowest BCUT2D eigenvalue weighted by atomic mass is 10.2. The van der Waals surface area contributed by atoms with Crippen LogP contribution in [0.1, 0.15) is 34.9 Å². The third kappa shape index (κ3) is 3.75. The van der Waals surface area contributed by atoms with Crippen molar-refractivity contribution < 1.29 is 9.53 Å². The Morgan fingerprint density at radius 2 is 2.04 bits per heavy atom. The minimum absolute atomic E-state index is 0.218. The number of methoxy groups -OCH3 is 1. The highest BCUT2D eigenvalue weighted by atomic mass is 79.9. The van der Waals surface area contributed by atoms with Crippen LogP contribution in [0.15, 0.2) is 41.0 Å². The maximum atomic E-state index is 12.6. The van der Waals surface area contributed by atoms with Crippen LogP contribution in [-0.2, 0) is 0 Å². The molecule has 138 valence electrons. The zero-order valence-electron chi connectivity index (χ0n) is 14.4. The van der Waals surface area contributed by atoms with Gasteiger partial charge in [0.05, 0.1) is 18.5 Å². The second-order valence-corrected chi connectivity index (χ2v) is 6.90. The zero-order valence-corrected chi connectivity index (χ0v) is 16.0. The molecule has 0 unspecified atom stereocenters. The number of hydrogen-bond acceptors (Lipinski definition) is 7. The quantitative estimate of drug-likeness (QED) is 0.579. The van der Waals surface area contributed by atoms with Gasteiger partial charge in [-0.3, -0.25) is 15.6 Å². The van der Waals surface area contributed by atoms with E-state index in [1.165, 1.54) is 13.3 Å². The highest BCUT2D eigenvalue weighted by Gasteiger charge is 2.34. The fraction of sp³-hybridized carbons (Fsp3) is 0.235. The highest BCUT2D eigenvalue weighted by Crippen LogP contribution is 2.42. The topological polar surface area (TPSA) is 107 Å². The summed E-state index contributed by atoms with van der Waals surface area (Å²) < 4.78 is 7.73. The molecule has 1 amide bonds. The van der Waals surface area contributed by atoms with E-state index in [-0.39, 0.29) is 17.6 Å². The molecule has 9 nitrogen and oxygen atoms in total. The first-order chi connectivity index (χ1) is 13.2. The molecule has 1 aliphatic rings. The van der Waals surface area contributed by atoms with Gasteiger partial charge in [-0.25, -0.2) is 9.67 Å². The molecule has 0 saturated heterocycles. The van der Waals surface area contributed by atoms with E-state index < -0.39 is 5.91 Å². The lowest BCUT2D eigenvalue weighted by Crippen LogP contribution is -2.31. The Balaban J connectivity index is 1.56. The number of carbonyl (C=O) groups is 1. The lowest BCUT2D eigenvalue weighted by molar-refractivity contribution is 0.0956. The molecular formula is C17H16BrN7O2. The summed E-state index contributed by atoms with van der Waals surface area (Å²) in [6.07, 6.45) is 3.55. The minimum Gasteiger partial charge on any atom is -0.481 e. The largest absolute Gasteiger partial charge is 0.481 e. The van der Waals surface area contributed by atoms with Gasteiger partial charge in [0.15, 0.2) is 5.69 Å². The highest BCUT2D eigenvalue weighted by molar-refractivity contribution is 9.10. The molecule has 10 heteroatoms. The molecule has 1 aromatic carbocycles. The number of amides is 1. The summed E-state index contributed by atoms with van der Waals surface area (Å²) in [5.41, 5.74) is 7.20. The third-order valence-corrected chi connectivity index (χ3v) is 4.61. The smallest absolute Gasteiger partial charge is 0.292 e. The number of ether oxygens (including phenoxy) is 1. The van der Waals surface area contributed by atoms with E-state index in [4.69, 9.17) is 4.74 Å². The Hall–Kier alpha value is -3.01. The van der Waals surface area contributed by atoms with E-state index >= 15 is 0 Å².